The first-order valence-electron chi connectivity index (χ1n) is 8.04. The van der Waals surface area contributed by atoms with Gasteiger partial charge in [0.05, 0.1) is 11.9 Å². The average molecular weight is 352 g/mol. The molecule has 2 atom stereocenters. The standard InChI is InChI=1S/C17H19F3N4O/c1-11-7-12(9-21)10-23(11)16(25)13-3-2-4-14(8-13)24-15(5-6-22-24)17(18,19)20/h2-6,8,11-12H,7,9-10,21H2,1H3. The number of carbonyl (C=O) groups is 1. The number of alkyl halides is 3. The summed E-state index contributed by atoms with van der Waals surface area (Å²) in [4.78, 5) is 14.5. The summed E-state index contributed by atoms with van der Waals surface area (Å²) in [6.07, 6.45) is -2.60. The summed E-state index contributed by atoms with van der Waals surface area (Å²) in [5.74, 6) is 0.0519. The number of benzene rings is 1. The van der Waals surface area contributed by atoms with Crippen molar-refractivity contribution in [3.05, 3.63) is 47.8 Å². The van der Waals surface area contributed by atoms with Crippen molar-refractivity contribution in [3.8, 4) is 5.69 Å². The molecule has 2 aromatic rings. The zero-order chi connectivity index (χ0) is 18.2. The van der Waals surface area contributed by atoms with Gasteiger partial charge in [0.15, 0.2) is 0 Å². The van der Waals surface area contributed by atoms with Crippen molar-refractivity contribution in [2.24, 2.45) is 11.7 Å². The normalized spacial score (nSPS) is 20.9. The van der Waals surface area contributed by atoms with Crippen molar-refractivity contribution in [3.63, 3.8) is 0 Å². The first-order chi connectivity index (χ1) is 11.8. The molecule has 1 aliphatic rings. The Morgan fingerprint density at radius 2 is 2.12 bits per heavy atom. The van der Waals surface area contributed by atoms with Gasteiger partial charge in [-0.2, -0.15) is 18.3 Å². The van der Waals surface area contributed by atoms with Crippen LogP contribution in [-0.2, 0) is 6.18 Å². The Morgan fingerprint density at radius 3 is 2.76 bits per heavy atom. The molecule has 1 amide bonds. The Kier molecular flexibility index (Phi) is 4.55. The van der Waals surface area contributed by atoms with Gasteiger partial charge in [-0.3, -0.25) is 4.79 Å². The topological polar surface area (TPSA) is 64.2 Å². The number of hydrogen-bond donors (Lipinski definition) is 1. The Balaban J connectivity index is 1.90. The van der Waals surface area contributed by atoms with Gasteiger partial charge in [-0.25, -0.2) is 4.68 Å². The van der Waals surface area contributed by atoms with E-state index in [2.05, 4.69) is 5.10 Å². The van der Waals surface area contributed by atoms with E-state index in [0.29, 0.717) is 18.7 Å². The number of halogens is 3. The molecule has 3 rings (SSSR count). The van der Waals surface area contributed by atoms with E-state index in [9.17, 15) is 18.0 Å². The number of likely N-dealkylation sites (tertiary alicyclic amines) is 1. The first-order valence-corrected chi connectivity index (χ1v) is 8.04. The summed E-state index contributed by atoms with van der Waals surface area (Å²) >= 11 is 0. The average Bonchev–Trinajstić information content (AvgIpc) is 3.20. The molecule has 0 bridgehead atoms. The third kappa shape index (κ3) is 3.39. The minimum absolute atomic E-state index is 0.0557. The molecule has 25 heavy (non-hydrogen) atoms. The second-order valence-corrected chi connectivity index (χ2v) is 6.32. The van der Waals surface area contributed by atoms with Crippen LogP contribution in [0, 0.1) is 5.92 Å². The SMILES string of the molecule is CC1CC(CN)CN1C(=O)c1cccc(-n2nccc2C(F)(F)F)c1. The van der Waals surface area contributed by atoms with E-state index in [-0.39, 0.29) is 23.6 Å². The van der Waals surface area contributed by atoms with Gasteiger partial charge in [-0.05, 0) is 50.1 Å². The van der Waals surface area contributed by atoms with Crippen molar-refractivity contribution in [1.82, 2.24) is 14.7 Å². The highest BCUT2D eigenvalue weighted by molar-refractivity contribution is 5.95. The number of carbonyl (C=O) groups excluding carboxylic acids is 1. The Bertz CT molecular complexity index is 771. The van der Waals surface area contributed by atoms with Crippen molar-refractivity contribution < 1.29 is 18.0 Å². The van der Waals surface area contributed by atoms with Gasteiger partial charge in [0.2, 0.25) is 0 Å². The van der Waals surface area contributed by atoms with E-state index in [0.717, 1.165) is 23.4 Å². The zero-order valence-electron chi connectivity index (χ0n) is 13.7. The maximum atomic E-state index is 13.1. The van der Waals surface area contributed by atoms with Crippen LogP contribution in [0.3, 0.4) is 0 Å². The molecule has 134 valence electrons. The van der Waals surface area contributed by atoms with Gasteiger partial charge in [0, 0.05) is 18.2 Å². The van der Waals surface area contributed by atoms with Crippen molar-refractivity contribution in [2.45, 2.75) is 25.6 Å². The van der Waals surface area contributed by atoms with E-state index in [1.54, 1.807) is 17.0 Å². The number of amides is 1. The number of nitrogens with two attached hydrogens (primary N) is 1. The summed E-state index contributed by atoms with van der Waals surface area (Å²) in [5.41, 5.74) is 5.34. The van der Waals surface area contributed by atoms with E-state index in [1.165, 1.54) is 12.1 Å². The summed E-state index contributed by atoms with van der Waals surface area (Å²) in [6, 6.07) is 7.06. The fourth-order valence-corrected chi connectivity index (χ4v) is 3.26. The highest BCUT2D eigenvalue weighted by Crippen LogP contribution is 2.31. The number of nitrogens with zero attached hydrogens (tertiary/aromatic N) is 3. The quantitative estimate of drug-likeness (QED) is 0.924. The monoisotopic (exact) mass is 352 g/mol. The lowest BCUT2D eigenvalue weighted by atomic mass is 10.1. The molecule has 1 aromatic carbocycles. The largest absolute Gasteiger partial charge is 0.433 e. The highest BCUT2D eigenvalue weighted by Gasteiger charge is 2.35. The highest BCUT2D eigenvalue weighted by atomic mass is 19.4. The minimum atomic E-state index is -4.52. The van der Waals surface area contributed by atoms with Crippen LogP contribution in [0.1, 0.15) is 29.4 Å². The fraction of sp³-hybridized carbons (Fsp3) is 0.412. The zero-order valence-corrected chi connectivity index (χ0v) is 13.7. The maximum absolute atomic E-state index is 13.1. The van der Waals surface area contributed by atoms with E-state index < -0.39 is 11.9 Å². The molecule has 0 radical (unpaired) electrons. The molecule has 0 saturated carbocycles. The van der Waals surface area contributed by atoms with Crippen LogP contribution in [0.15, 0.2) is 36.5 Å². The van der Waals surface area contributed by atoms with Crippen LogP contribution in [0.4, 0.5) is 13.2 Å². The summed E-state index contributed by atoms with van der Waals surface area (Å²) < 4.78 is 40.0. The Morgan fingerprint density at radius 1 is 1.36 bits per heavy atom. The second kappa shape index (κ2) is 6.51. The van der Waals surface area contributed by atoms with Crippen molar-refractivity contribution in [2.75, 3.05) is 13.1 Å². The number of hydrogen-bond acceptors (Lipinski definition) is 3. The first kappa shape index (κ1) is 17.5. The van der Waals surface area contributed by atoms with Crippen LogP contribution in [0.2, 0.25) is 0 Å². The van der Waals surface area contributed by atoms with Crippen LogP contribution < -0.4 is 5.73 Å². The Hall–Kier alpha value is -2.35. The molecular weight excluding hydrogens is 333 g/mol. The lowest BCUT2D eigenvalue weighted by molar-refractivity contribution is -0.142. The van der Waals surface area contributed by atoms with Crippen LogP contribution in [0.5, 0.6) is 0 Å². The molecule has 2 N–H and O–H groups in total. The smallest absolute Gasteiger partial charge is 0.336 e. The molecule has 1 aliphatic heterocycles. The fourth-order valence-electron chi connectivity index (χ4n) is 3.26. The van der Waals surface area contributed by atoms with Crippen LogP contribution in [0.25, 0.3) is 5.69 Å². The predicted octanol–water partition coefficient (Wildman–Crippen LogP) is 2.70. The third-order valence-electron chi connectivity index (χ3n) is 4.53. The second-order valence-electron chi connectivity index (χ2n) is 6.32. The molecular formula is C17H19F3N4O. The molecule has 1 saturated heterocycles. The van der Waals surface area contributed by atoms with E-state index in [1.807, 2.05) is 6.92 Å². The molecule has 1 aromatic heterocycles. The van der Waals surface area contributed by atoms with Gasteiger partial charge in [-0.1, -0.05) is 6.07 Å². The molecule has 2 unspecified atom stereocenters. The van der Waals surface area contributed by atoms with Gasteiger partial charge in [0.25, 0.3) is 5.91 Å². The maximum Gasteiger partial charge on any atom is 0.433 e. The van der Waals surface area contributed by atoms with Gasteiger partial charge in [-0.15, -0.1) is 0 Å². The van der Waals surface area contributed by atoms with Gasteiger partial charge < -0.3 is 10.6 Å². The molecule has 5 nitrogen and oxygen atoms in total. The van der Waals surface area contributed by atoms with Gasteiger partial charge in [0.1, 0.15) is 5.69 Å². The number of aromatic nitrogens is 2. The van der Waals surface area contributed by atoms with Crippen molar-refractivity contribution in [1.29, 1.82) is 0 Å². The van der Waals surface area contributed by atoms with E-state index >= 15 is 0 Å². The molecule has 8 heteroatoms. The molecule has 1 fully saturated rings. The van der Waals surface area contributed by atoms with Crippen molar-refractivity contribution >= 4 is 5.91 Å². The summed E-state index contributed by atoms with van der Waals surface area (Å²) in [5, 5.41) is 3.75. The lowest BCUT2D eigenvalue weighted by Gasteiger charge is -2.22. The van der Waals surface area contributed by atoms with E-state index in [4.69, 9.17) is 5.73 Å². The van der Waals surface area contributed by atoms with Crippen LogP contribution >= 0.6 is 0 Å². The van der Waals surface area contributed by atoms with Gasteiger partial charge >= 0.3 is 6.18 Å². The lowest BCUT2D eigenvalue weighted by Crippen LogP contribution is -2.34. The third-order valence-corrected chi connectivity index (χ3v) is 4.53. The summed E-state index contributed by atoms with van der Waals surface area (Å²) in [7, 11) is 0. The molecule has 2 heterocycles. The predicted molar refractivity (Wildman–Crippen MR) is 86.2 cm³/mol. The minimum Gasteiger partial charge on any atom is -0.336 e. The Labute approximate surface area is 143 Å². The van der Waals surface area contributed by atoms with Crippen LogP contribution in [-0.4, -0.2) is 39.7 Å². The molecule has 0 aliphatic carbocycles. The number of rotatable bonds is 3. The summed E-state index contributed by atoms with van der Waals surface area (Å²) in [6.45, 7) is 3.03. The molecule has 0 spiro atoms.